The van der Waals surface area contributed by atoms with Gasteiger partial charge in [0.1, 0.15) is 5.82 Å². The Morgan fingerprint density at radius 1 is 1.20 bits per heavy atom. The van der Waals surface area contributed by atoms with Gasteiger partial charge in [0.15, 0.2) is 0 Å². The van der Waals surface area contributed by atoms with E-state index in [4.69, 9.17) is 5.73 Å². The molecule has 3 nitrogen and oxygen atoms in total. The topological polar surface area (TPSA) is 46.3 Å². The summed E-state index contributed by atoms with van der Waals surface area (Å²) in [4.78, 5) is 13.2. The van der Waals surface area contributed by atoms with Crippen molar-refractivity contribution in [2.24, 2.45) is 5.73 Å². The lowest BCUT2D eigenvalue weighted by atomic mass is 10.1. The molecule has 0 spiro atoms. The molecule has 0 fully saturated rings. The number of amides is 1. The molecule has 0 bridgehead atoms. The first-order valence-electron chi connectivity index (χ1n) is 6.49. The van der Waals surface area contributed by atoms with Crippen LogP contribution in [-0.4, -0.2) is 12.5 Å². The van der Waals surface area contributed by atoms with Crippen molar-refractivity contribution in [1.29, 1.82) is 0 Å². The Hall–Kier alpha value is -2.36. The largest absolute Gasteiger partial charge is 0.367 e. The van der Waals surface area contributed by atoms with E-state index in [0.29, 0.717) is 12.1 Å². The third kappa shape index (κ3) is 3.35. The van der Waals surface area contributed by atoms with Crippen LogP contribution in [0.3, 0.4) is 0 Å². The van der Waals surface area contributed by atoms with Crippen LogP contribution in [0.15, 0.2) is 48.5 Å². The van der Waals surface area contributed by atoms with Gasteiger partial charge in [-0.15, -0.1) is 0 Å². The summed E-state index contributed by atoms with van der Waals surface area (Å²) in [6, 6.07) is 13.7. The standard InChI is InChI=1S/C16H17FN2O/c1-2-19(15-8-4-7-14(17)10-15)11-12-5-3-6-13(9-12)16(18)20/h3-10H,2,11H2,1H3,(H2,18,20). The van der Waals surface area contributed by atoms with Crippen LogP contribution in [-0.2, 0) is 6.54 Å². The first kappa shape index (κ1) is 14.1. The van der Waals surface area contributed by atoms with Crippen LogP contribution in [0.4, 0.5) is 10.1 Å². The van der Waals surface area contributed by atoms with Gasteiger partial charge >= 0.3 is 0 Å². The van der Waals surface area contributed by atoms with Crippen molar-refractivity contribution in [1.82, 2.24) is 0 Å². The summed E-state index contributed by atoms with van der Waals surface area (Å²) in [5, 5.41) is 0. The van der Waals surface area contributed by atoms with Gasteiger partial charge < -0.3 is 10.6 Å². The van der Waals surface area contributed by atoms with E-state index >= 15 is 0 Å². The number of halogens is 1. The molecule has 104 valence electrons. The monoisotopic (exact) mass is 272 g/mol. The summed E-state index contributed by atoms with van der Waals surface area (Å²) in [5.74, 6) is -0.701. The minimum Gasteiger partial charge on any atom is -0.367 e. The second kappa shape index (κ2) is 6.19. The Bertz CT molecular complexity index is 613. The molecule has 0 aliphatic carbocycles. The van der Waals surface area contributed by atoms with Gasteiger partial charge in [0.25, 0.3) is 0 Å². The van der Waals surface area contributed by atoms with E-state index in [2.05, 4.69) is 0 Å². The van der Waals surface area contributed by atoms with Crippen LogP contribution < -0.4 is 10.6 Å². The minimum absolute atomic E-state index is 0.258. The molecular weight excluding hydrogens is 255 g/mol. The van der Waals surface area contributed by atoms with Crippen LogP contribution >= 0.6 is 0 Å². The van der Waals surface area contributed by atoms with E-state index in [1.54, 1.807) is 24.3 Å². The number of nitrogens with zero attached hydrogens (tertiary/aromatic N) is 1. The van der Waals surface area contributed by atoms with Gasteiger partial charge in [-0.25, -0.2) is 4.39 Å². The second-order valence-electron chi connectivity index (χ2n) is 4.56. The summed E-state index contributed by atoms with van der Waals surface area (Å²) >= 11 is 0. The van der Waals surface area contributed by atoms with Gasteiger partial charge in [-0.2, -0.15) is 0 Å². The fraction of sp³-hybridized carbons (Fsp3) is 0.188. The Kier molecular flexibility index (Phi) is 4.35. The number of rotatable bonds is 5. The highest BCUT2D eigenvalue weighted by Gasteiger charge is 2.08. The maximum absolute atomic E-state index is 13.3. The van der Waals surface area contributed by atoms with Crippen LogP contribution in [0.1, 0.15) is 22.8 Å². The number of anilines is 1. The summed E-state index contributed by atoms with van der Waals surface area (Å²) < 4.78 is 13.3. The highest BCUT2D eigenvalue weighted by atomic mass is 19.1. The van der Waals surface area contributed by atoms with E-state index in [1.165, 1.54) is 12.1 Å². The van der Waals surface area contributed by atoms with E-state index in [9.17, 15) is 9.18 Å². The predicted octanol–water partition coefficient (Wildman–Crippen LogP) is 2.95. The third-order valence-electron chi connectivity index (χ3n) is 3.14. The molecule has 0 aliphatic heterocycles. The van der Waals surface area contributed by atoms with E-state index in [0.717, 1.165) is 17.8 Å². The van der Waals surface area contributed by atoms with Crippen LogP contribution in [0, 0.1) is 5.82 Å². The lowest BCUT2D eigenvalue weighted by Crippen LogP contribution is -2.22. The van der Waals surface area contributed by atoms with Crippen molar-refractivity contribution < 1.29 is 9.18 Å². The van der Waals surface area contributed by atoms with Gasteiger partial charge in [0, 0.05) is 24.3 Å². The average Bonchev–Trinajstić information content (AvgIpc) is 2.45. The van der Waals surface area contributed by atoms with Gasteiger partial charge in [-0.05, 0) is 42.8 Å². The normalized spacial score (nSPS) is 10.3. The molecule has 1 amide bonds. The fourth-order valence-electron chi connectivity index (χ4n) is 2.10. The number of primary amides is 1. The summed E-state index contributed by atoms with van der Waals surface area (Å²) in [6.07, 6.45) is 0. The molecule has 0 atom stereocenters. The van der Waals surface area contributed by atoms with Crippen molar-refractivity contribution in [2.45, 2.75) is 13.5 Å². The van der Waals surface area contributed by atoms with E-state index in [-0.39, 0.29) is 5.82 Å². The molecule has 2 N–H and O–H groups in total. The first-order valence-corrected chi connectivity index (χ1v) is 6.49. The summed E-state index contributed by atoms with van der Waals surface area (Å²) in [7, 11) is 0. The zero-order valence-electron chi connectivity index (χ0n) is 11.3. The number of benzene rings is 2. The molecular formula is C16H17FN2O. The number of hydrogen-bond donors (Lipinski definition) is 1. The zero-order valence-corrected chi connectivity index (χ0v) is 11.3. The third-order valence-corrected chi connectivity index (χ3v) is 3.14. The van der Waals surface area contributed by atoms with Gasteiger partial charge in [0.05, 0.1) is 0 Å². The Balaban J connectivity index is 2.22. The smallest absolute Gasteiger partial charge is 0.248 e. The SMILES string of the molecule is CCN(Cc1cccc(C(N)=O)c1)c1cccc(F)c1. The second-order valence-corrected chi connectivity index (χ2v) is 4.56. The number of carbonyl (C=O) groups is 1. The highest BCUT2D eigenvalue weighted by Crippen LogP contribution is 2.18. The Morgan fingerprint density at radius 3 is 2.60 bits per heavy atom. The van der Waals surface area contributed by atoms with E-state index < -0.39 is 5.91 Å². The van der Waals surface area contributed by atoms with E-state index in [1.807, 2.05) is 24.0 Å². The minimum atomic E-state index is -0.444. The number of hydrogen-bond acceptors (Lipinski definition) is 2. The van der Waals surface area contributed by atoms with Crippen molar-refractivity contribution >= 4 is 11.6 Å². The molecule has 0 saturated heterocycles. The van der Waals surface area contributed by atoms with Crippen LogP contribution in [0.5, 0.6) is 0 Å². The first-order chi connectivity index (χ1) is 9.60. The number of nitrogens with two attached hydrogens (primary N) is 1. The average molecular weight is 272 g/mol. The number of carbonyl (C=O) groups excluding carboxylic acids is 1. The molecule has 0 saturated carbocycles. The predicted molar refractivity (Wildman–Crippen MR) is 78.1 cm³/mol. The molecule has 0 radical (unpaired) electrons. The Labute approximate surface area is 117 Å². The van der Waals surface area contributed by atoms with Gasteiger partial charge in [0.2, 0.25) is 5.91 Å². The molecule has 4 heteroatoms. The molecule has 0 aromatic heterocycles. The molecule has 0 unspecified atom stereocenters. The quantitative estimate of drug-likeness (QED) is 0.909. The summed E-state index contributed by atoms with van der Waals surface area (Å²) in [5.41, 5.74) is 7.54. The van der Waals surface area contributed by atoms with Gasteiger partial charge in [-0.1, -0.05) is 18.2 Å². The lowest BCUT2D eigenvalue weighted by Gasteiger charge is -2.23. The molecule has 0 aliphatic rings. The van der Waals surface area contributed by atoms with Crippen LogP contribution in [0.25, 0.3) is 0 Å². The van der Waals surface area contributed by atoms with Crippen molar-refractivity contribution in [2.75, 3.05) is 11.4 Å². The molecule has 2 aromatic carbocycles. The Morgan fingerprint density at radius 2 is 1.95 bits per heavy atom. The van der Waals surface area contributed by atoms with Crippen molar-refractivity contribution in [3.63, 3.8) is 0 Å². The maximum atomic E-state index is 13.3. The van der Waals surface area contributed by atoms with Gasteiger partial charge in [-0.3, -0.25) is 4.79 Å². The highest BCUT2D eigenvalue weighted by molar-refractivity contribution is 5.92. The molecule has 2 rings (SSSR count). The molecule has 0 heterocycles. The van der Waals surface area contributed by atoms with Crippen molar-refractivity contribution in [3.05, 3.63) is 65.5 Å². The van der Waals surface area contributed by atoms with Crippen molar-refractivity contribution in [3.8, 4) is 0 Å². The lowest BCUT2D eigenvalue weighted by molar-refractivity contribution is 0.1000. The van der Waals surface area contributed by atoms with Crippen LogP contribution in [0.2, 0.25) is 0 Å². The summed E-state index contributed by atoms with van der Waals surface area (Å²) in [6.45, 7) is 3.34. The molecule has 2 aromatic rings. The zero-order chi connectivity index (χ0) is 14.5. The fourth-order valence-corrected chi connectivity index (χ4v) is 2.10. The molecule has 20 heavy (non-hydrogen) atoms. The maximum Gasteiger partial charge on any atom is 0.248 e.